The lowest BCUT2D eigenvalue weighted by Gasteiger charge is -2.21. The molecular weight excluding hydrogens is 330 g/mol. The number of imidazole rings is 1. The Kier molecular flexibility index (Phi) is 4.35. The number of carbonyl (C=O) groups is 1. The van der Waals surface area contributed by atoms with Gasteiger partial charge in [0, 0.05) is 10.6 Å². The zero-order valence-corrected chi connectivity index (χ0v) is 13.2. The molecule has 1 heterocycles. The van der Waals surface area contributed by atoms with Gasteiger partial charge in [0.1, 0.15) is 0 Å². The molecule has 24 heavy (non-hydrogen) atoms. The molecule has 0 saturated heterocycles. The fourth-order valence-corrected chi connectivity index (χ4v) is 2.53. The highest BCUT2D eigenvalue weighted by Crippen LogP contribution is 2.19. The zero-order chi connectivity index (χ0) is 17.1. The quantitative estimate of drug-likeness (QED) is 0.294. The Hall–Kier alpha value is -3.06. The number of H-pyrrole nitrogens is 1. The third-order valence-corrected chi connectivity index (χ3v) is 3.95. The number of nitrogens with zero attached hydrogens (tertiary/aromatic N) is 3. The van der Waals surface area contributed by atoms with E-state index in [2.05, 4.69) is 15.1 Å². The van der Waals surface area contributed by atoms with E-state index in [1.165, 1.54) is 0 Å². The summed E-state index contributed by atoms with van der Waals surface area (Å²) in [5, 5.41) is 12.4. The molecular formula is C16H14ClN5O2. The molecule has 0 spiro atoms. The van der Waals surface area contributed by atoms with Gasteiger partial charge in [-0.25, -0.2) is 4.98 Å². The molecule has 0 saturated carbocycles. The molecule has 0 aliphatic heterocycles. The number of aromatic nitrogens is 2. The van der Waals surface area contributed by atoms with E-state index in [0.29, 0.717) is 16.1 Å². The molecule has 0 radical (unpaired) electrons. The van der Waals surface area contributed by atoms with E-state index in [9.17, 15) is 4.79 Å². The number of benzene rings is 2. The number of hydrogen-bond acceptors (Lipinski definition) is 4. The molecule has 122 valence electrons. The molecule has 0 unspecified atom stereocenters. The number of halogens is 1. The van der Waals surface area contributed by atoms with Crippen molar-refractivity contribution in [3.8, 4) is 0 Å². The van der Waals surface area contributed by atoms with Crippen molar-refractivity contribution >= 4 is 34.5 Å². The number of hydrogen-bond donors (Lipinski definition) is 3. The summed E-state index contributed by atoms with van der Waals surface area (Å²) in [7, 11) is 0. The third kappa shape index (κ3) is 3.02. The molecule has 0 fully saturated rings. The van der Waals surface area contributed by atoms with E-state index in [0.717, 1.165) is 15.9 Å². The summed E-state index contributed by atoms with van der Waals surface area (Å²) in [5.74, 6) is -0.730. The minimum Gasteiger partial charge on any atom is -0.408 e. The predicted octanol–water partition coefficient (Wildman–Crippen LogP) is 2.56. The van der Waals surface area contributed by atoms with Crippen molar-refractivity contribution in [2.24, 2.45) is 10.9 Å². The zero-order valence-electron chi connectivity index (χ0n) is 12.5. The summed E-state index contributed by atoms with van der Waals surface area (Å²) in [6, 6.07) is 12.1. The number of oxime groups is 1. The minimum atomic E-state index is -0.415. The van der Waals surface area contributed by atoms with Crippen LogP contribution in [0.4, 0.5) is 0 Å². The largest absolute Gasteiger partial charge is 0.408 e. The highest BCUT2D eigenvalue weighted by atomic mass is 35.5. The lowest BCUT2D eigenvalue weighted by Crippen LogP contribution is -2.41. The summed E-state index contributed by atoms with van der Waals surface area (Å²) < 4.78 is 0. The summed E-state index contributed by atoms with van der Waals surface area (Å²) >= 11 is 6.14. The van der Waals surface area contributed by atoms with Crippen molar-refractivity contribution in [2.45, 2.75) is 6.54 Å². The van der Waals surface area contributed by atoms with Crippen LogP contribution in [0.25, 0.3) is 11.0 Å². The van der Waals surface area contributed by atoms with Crippen molar-refractivity contribution in [1.82, 2.24) is 14.9 Å². The minimum absolute atomic E-state index is 0.0788. The van der Waals surface area contributed by atoms with E-state index in [1.807, 2.05) is 0 Å². The smallest absolute Gasteiger partial charge is 0.261 e. The van der Waals surface area contributed by atoms with Crippen molar-refractivity contribution in [2.75, 3.05) is 0 Å². The maximum Gasteiger partial charge on any atom is 0.261 e. The maximum atomic E-state index is 12.8. The summed E-state index contributed by atoms with van der Waals surface area (Å²) in [4.78, 5) is 21.0. The molecule has 8 heteroatoms. The van der Waals surface area contributed by atoms with Crippen LogP contribution in [-0.4, -0.2) is 31.9 Å². The van der Waals surface area contributed by atoms with E-state index < -0.39 is 5.91 Å². The number of fused-ring (bicyclic) bond motifs is 1. The number of amides is 1. The molecule has 1 aromatic heterocycles. The molecule has 2 aromatic carbocycles. The first kappa shape index (κ1) is 15.8. The topological polar surface area (TPSA) is 108 Å². The molecule has 1 amide bonds. The molecule has 0 aliphatic carbocycles. The van der Waals surface area contributed by atoms with E-state index in [1.54, 1.807) is 48.8 Å². The third-order valence-electron chi connectivity index (χ3n) is 3.58. The van der Waals surface area contributed by atoms with Crippen LogP contribution in [0, 0.1) is 0 Å². The van der Waals surface area contributed by atoms with E-state index in [-0.39, 0.29) is 12.5 Å². The molecule has 3 aromatic rings. The standard InChI is InChI=1S/C16H14ClN5O2/c17-12-4-2-1-3-11(12)8-22(16(18)21-24)15(23)10-5-6-13-14(7-10)20-9-19-13/h1-7,9,24H,8H2,(H2,18,21)(H,19,20). The van der Waals surface area contributed by atoms with Crippen molar-refractivity contribution in [1.29, 1.82) is 0 Å². The normalized spacial score (nSPS) is 11.6. The Bertz CT molecular complexity index is 921. The van der Waals surface area contributed by atoms with Gasteiger partial charge >= 0.3 is 0 Å². The fourth-order valence-electron chi connectivity index (χ4n) is 2.33. The molecule has 0 aliphatic rings. The fraction of sp³-hybridized carbons (Fsp3) is 0.0625. The second-order valence-corrected chi connectivity index (χ2v) is 5.48. The van der Waals surface area contributed by atoms with Crippen molar-refractivity contribution in [3.05, 3.63) is 64.9 Å². The average Bonchev–Trinajstić information content (AvgIpc) is 3.07. The molecule has 0 atom stereocenters. The monoisotopic (exact) mass is 343 g/mol. The van der Waals surface area contributed by atoms with Crippen LogP contribution < -0.4 is 5.73 Å². The van der Waals surface area contributed by atoms with Crippen LogP contribution in [0.15, 0.2) is 53.9 Å². The molecule has 7 nitrogen and oxygen atoms in total. The van der Waals surface area contributed by atoms with Gasteiger partial charge in [-0.2, -0.15) is 0 Å². The Balaban J connectivity index is 1.96. The number of guanidine groups is 1. The average molecular weight is 344 g/mol. The van der Waals surface area contributed by atoms with Gasteiger partial charge in [-0.3, -0.25) is 9.69 Å². The van der Waals surface area contributed by atoms with Gasteiger partial charge in [0.05, 0.1) is 23.9 Å². The van der Waals surface area contributed by atoms with Gasteiger partial charge in [-0.1, -0.05) is 35.0 Å². The Morgan fingerprint density at radius 1 is 1.33 bits per heavy atom. The molecule has 3 rings (SSSR count). The number of nitrogens with two attached hydrogens (primary N) is 1. The highest BCUT2D eigenvalue weighted by molar-refractivity contribution is 6.31. The van der Waals surface area contributed by atoms with Gasteiger partial charge in [-0.05, 0) is 29.8 Å². The van der Waals surface area contributed by atoms with Crippen LogP contribution in [-0.2, 0) is 6.54 Å². The Morgan fingerprint density at radius 2 is 2.12 bits per heavy atom. The number of nitrogens with one attached hydrogen (secondary N) is 1. The highest BCUT2D eigenvalue weighted by Gasteiger charge is 2.21. The summed E-state index contributed by atoms with van der Waals surface area (Å²) in [6.45, 7) is 0.0788. The number of rotatable bonds is 3. The second-order valence-electron chi connectivity index (χ2n) is 5.08. The van der Waals surface area contributed by atoms with E-state index >= 15 is 0 Å². The first-order valence-corrected chi connectivity index (χ1v) is 7.44. The molecule has 4 N–H and O–H groups in total. The second kappa shape index (κ2) is 6.59. The van der Waals surface area contributed by atoms with Crippen molar-refractivity contribution in [3.63, 3.8) is 0 Å². The van der Waals surface area contributed by atoms with Gasteiger partial charge < -0.3 is 15.9 Å². The van der Waals surface area contributed by atoms with Gasteiger partial charge in [0.25, 0.3) is 5.91 Å². The number of carbonyl (C=O) groups excluding carboxylic acids is 1. The Labute approximate surface area is 142 Å². The van der Waals surface area contributed by atoms with Crippen LogP contribution >= 0.6 is 11.6 Å². The first-order valence-electron chi connectivity index (χ1n) is 7.06. The lowest BCUT2D eigenvalue weighted by atomic mass is 10.1. The van der Waals surface area contributed by atoms with Crippen LogP contribution in [0.2, 0.25) is 5.02 Å². The first-order chi connectivity index (χ1) is 11.6. The predicted molar refractivity (Wildman–Crippen MR) is 90.8 cm³/mol. The molecule has 0 bridgehead atoms. The van der Waals surface area contributed by atoms with Gasteiger partial charge in [-0.15, -0.1) is 0 Å². The van der Waals surface area contributed by atoms with Gasteiger partial charge in [0.15, 0.2) is 0 Å². The lowest BCUT2D eigenvalue weighted by molar-refractivity contribution is 0.0833. The SMILES string of the molecule is NC(=NO)N(Cc1ccccc1Cl)C(=O)c1ccc2nc[nH]c2c1. The van der Waals surface area contributed by atoms with Gasteiger partial charge in [0.2, 0.25) is 5.96 Å². The van der Waals surface area contributed by atoms with Crippen LogP contribution in [0.1, 0.15) is 15.9 Å². The Morgan fingerprint density at radius 3 is 2.88 bits per heavy atom. The summed E-state index contributed by atoms with van der Waals surface area (Å²) in [5.41, 5.74) is 8.21. The summed E-state index contributed by atoms with van der Waals surface area (Å²) in [6.07, 6.45) is 1.55. The maximum absolute atomic E-state index is 12.8. The van der Waals surface area contributed by atoms with Crippen LogP contribution in [0.5, 0.6) is 0 Å². The van der Waals surface area contributed by atoms with Crippen LogP contribution in [0.3, 0.4) is 0 Å². The van der Waals surface area contributed by atoms with Crippen molar-refractivity contribution < 1.29 is 10.0 Å². The number of aromatic amines is 1. The van der Waals surface area contributed by atoms with E-state index in [4.69, 9.17) is 22.5 Å².